The normalized spacial score (nSPS) is 26.7. The number of allylic oxidation sites excluding steroid dienone is 2. The minimum atomic E-state index is -0.480. The van der Waals surface area contributed by atoms with Crippen molar-refractivity contribution in [1.29, 1.82) is 0 Å². The Bertz CT molecular complexity index is 761. The lowest BCUT2D eigenvalue weighted by Crippen LogP contribution is -2.60. The Kier molecular flexibility index (Phi) is 13.8. The number of alkyl halides is 1. The molecule has 0 radical (unpaired) electrons. The van der Waals surface area contributed by atoms with Crippen molar-refractivity contribution in [3.8, 4) is 0 Å². The van der Waals surface area contributed by atoms with E-state index in [-0.39, 0.29) is 58.4 Å². The number of rotatable bonds is 7. The van der Waals surface area contributed by atoms with E-state index < -0.39 is 6.04 Å². The van der Waals surface area contributed by atoms with E-state index >= 15 is 0 Å². The van der Waals surface area contributed by atoms with Gasteiger partial charge in [-0.3, -0.25) is 14.5 Å². The number of nitrogens with one attached hydrogen (secondary N) is 1. The fourth-order valence-electron chi connectivity index (χ4n) is 5.61. The molecule has 3 aliphatic rings. The van der Waals surface area contributed by atoms with Gasteiger partial charge in [0.05, 0.1) is 23.6 Å². The largest absolute Gasteiger partial charge is 0.412 e. The lowest BCUT2D eigenvalue weighted by atomic mass is 9.65. The molecular formula is C28H54ClN3O5. The van der Waals surface area contributed by atoms with Gasteiger partial charge in [-0.05, 0) is 63.2 Å². The van der Waals surface area contributed by atoms with Gasteiger partial charge < -0.3 is 25.9 Å². The van der Waals surface area contributed by atoms with Crippen LogP contribution in [0.5, 0.6) is 0 Å². The highest BCUT2D eigenvalue weighted by Crippen LogP contribution is 2.43. The van der Waals surface area contributed by atoms with Crippen molar-refractivity contribution in [2.45, 2.75) is 92.2 Å². The van der Waals surface area contributed by atoms with E-state index in [0.717, 1.165) is 32.4 Å². The molecule has 0 aromatic carbocycles. The quantitative estimate of drug-likeness (QED) is 0.388. The van der Waals surface area contributed by atoms with E-state index in [1.807, 2.05) is 39.5 Å². The van der Waals surface area contributed by atoms with Crippen LogP contribution in [0.2, 0.25) is 0 Å². The maximum absolute atomic E-state index is 13.5. The highest BCUT2D eigenvalue weighted by molar-refractivity contribution is 6.21. The zero-order valence-electron chi connectivity index (χ0n) is 23.3. The first-order valence-electron chi connectivity index (χ1n) is 13.0. The first kappa shape index (κ1) is 35.8. The van der Waals surface area contributed by atoms with Crippen LogP contribution in [0.15, 0.2) is 12.2 Å². The van der Waals surface area contributed by atoms with Gasteiger partial charge in [0, 0.05) is 26.2 Å². The Hall–Kier alpha value is -1.19. The van der Waals surface area contributed by atoms with Crippen LogP contribution in [-0.2, 0) is 14.3 Å². The van der Waals surface area contributed by atoms with E-state index in [2.05, 4.69) is 36.2 Å². The lowest BCUT2D eigenvalue weighted by molar-refractivity contribution is -0.146. The molecular weight excluding hydrogens is 494 g/mol. The van der Waals surface area contributed by atoms with Crippen LogP contribution in [0.3, 0.4) is 0 Å². The lowest BCUT2D eigenvalue weighted by Gasteiger charge is -2.48. The topological polar surface area (TPSA) is 125 Å². The molecule has 5 N–H and O–H groups in total. The van der Waals surface area contributed by atoms with Crippen LogP contribution in [0, 0.1) is 29.1 Å². The number of halogens is 1. The molecule has 0 spiro atoms. The van der Waals surface area contributed by atoms with E-state index in [0.29, 0.717) is 31.7 Å². The Morgan fingerprint density at radius 1 is 1.11 bits per heavy atom. The van der Waals surface area contributed by atoms with E-state index in [1.54, 1.807) is 0 Å². The van der Waals surface area contributed by atoms with E-state index in [1.165, 1.54) is 0 Å². The predicted octanol–water partition coefficient (Wildman–Crippen LogP) is 3.27. The fraction of sp³-hybridized carbons (Fsp3) is 0.857. The predicted molar refractivity (Wildman–Crippen MR) is 151 cm³/mol. The van der Waals surface area contributed by atoms with Crippen molar-refractivity contribution < 1.29 is 25.3 Å². The van der Waals surface area contributed by atoms with E-state index in [4.69, 9.17) is 16.3 Å². The van der Waals surface area contributed by atoms with Crippen molar-refractivity contribution >= 4 is 23.4 Å². The zero-order valence-corrected chi connectivity index (χ0v) is 24.0. The molecule has 2 heterocycles. The number of hydrogen-bond donors (Lipinski definition) is 1. The first-order valence-corrected chi connectivity index (χ1v) is 13.5. The van der Waals surface area contributed by atoms with Crippen molar-refractivity contribution in [3.05, 3.63) is 12.2 Å². The summed E-state index contributed by atoms with van der Waals surface area (Å²) in [7, 11) is 0. The number of carbonyl (C=O) groups is 2. The summed E-state index contributed by atoms with van der Waals surface area (Å²) >= 11 is 6.26. The van der Waals surface area contributed by atoms with Gasteiger partial charge in [-0.1, -0.05) is 47.3 Å². The number of carbonyl (C=O) groups excluding carboxylic acids is 2. The number of ether oxygens (including phenoxy) is 1. The minimum Gasteiger partial charge on any atom is -0.412 e. The maximum Gasteiger partial charge on any atom is 0.245 e. The van der Waals surface area contributed by atoms with Crippen molar-refractivity contribution in [1.82, 2.24) is 15.1 Å². The highest BCUT2D eigenvalue weighted by Gasteiger charge is 2.43. The number of nitrogens with zero attached hydrogens (tertiary/aromatic N) is 2. The first-order chi connectivity index (χ1) is 15.8. The van der Waals surface area contributed by atoms with Gasteiger partial charge in [0.15, 0.2) is 0 Å². The average Bonchev–Trinajstić information content (AvgIpc) is 2.69. The third-order valence-electron chi connectivity index (χ3n) is 7.72. The van der Waals surface area contributed by atoms with Crippen LogP contribution in [0.4, 0.5) is 0 Å². The zero-order chi connectivity index (χ0) is 25.3. The minimum absolute atomic E-state index is 0. The summed E-state index contributed by atoms with van der Waals surface area (Å²) in [6.07, 6.45) is 7.59. The van der Waals surface area contributed by atoms with Crippen LogP contribution in [0.1, 0.15) is 75.2 Å². The molecule has 8 nitrogen and oxygen atoms in total. The molecule has 1 aliphatic carbocycles. The summed E-state index contributed by atoms with van der Waals surface area (Å²) in [5.74, 6) is 1.08. The van der Waals surface area contributed by atoms with Gasteiger partial charge in [0.25, 0.3) is 0 Å². The van der Waals surface area contributed by atoms with Gasteiger partial charge >= 0.3 is 0 Å². The summed E-state index contributed by atoms with van der Waals surface area (Å²) in [5, 5.41) is 3.25. The summed E-state index contributed by atoms with van der Waals surface area (Å²) in [5.41, 5.74) is -0.168. The molecule has 0 bridgehead atoms. The summed E-state index contributed by atoms with van der Waals surface area (Å²) in [6, 6.07) is -0.480. The second kappa shape index (κ2) is 14.3. The van der Waals surface area contributed by atoms with Crippen molar-refractivity contribution in [2.75, 3.05) is 32.9 Å². The second-order valence-corrected chi connectivity index (χ2v) is 13.2. The number of piperidine rings is 1. The SMILES string of the molecule is C.CC(C)[C@@H](NC(=O)C1CN(COC(C)(C)C)C1)C(=O)N1CCC(C2C=CC(Cl)CC2)C(C)(C)C1.O.O. The monoisotopic (exact) mass is 547 g/mol. The number of hydrogen-bond acceptors (Lipinski definition) is 4. The van der Waals surface area contributed by atoms with Crippen LogP contribution in [0.25, 0.3) is 0 Å². The fourth-order valence-corrected chi connectivity index (χ4v) is 5.82. The molecule has 2 fully saturated rings. The average molecular weight is 548 g/mol. The second-order valence-electron chi connectivity index (χ2n) is 12.6. The Morgan fingerprint density at radius 2 is 1.73 bits per heavy atom. The summed E-state index contributed by atoms with van der Waals surface area (Å²) in [4.78, 5) is 30.6. The molecule has 0 saturated carbocycles. The molecule has 0 aromatic rings. The molecule has 2 saturated heterocycles. The highest BCUT2D eigenvalue weighted by atomic mass is 35.5. The van der Waals surface area contributed by atoms with Crippen molar-refractivity contribution in [3.63, 3.8) is 0 Å². The third-order valence-corrected chi connectivity index (χ3v) is 8.09. The number of amides is 2. The Labute approximate surface area is 230 Å². The van der Waals surface area contributed by atoms with Crippen LogP contribution in [-0.4, -0.2) is 82.5 Å². The maximum atomic E-state index is 13.5. The van der Waals surface area contributed by atoms with Crippen LogP contribution >= 0.6 is 11.6 Å². The smallest absolute Gasteiger partial charge is 0.245 e. The summed E-state index contributed by atoms with van der Waals surface area (Å²) in [6.45, 7) is 18.0. The van der Waals surface area contributed by atoms with Gasteiger partial charge in [-0.25, -0.2) is 0 Å². The van der Waals surface area contributed by atoms with E-state index in [9.17, 15) is 9.59 Å². The molecule has 37 heavy (non-hydrogen) atoms. The molecule has 218 valence electrons. The Morgan fingerprint density at radius 3 is 2.22 bits per heavy atom. The van der Waals surface area contributed by atoms with Crippen molar-refractivity contribution in [2.24, 2.45) is 29.1 Å². The van der Waals surface area contributed by atoms with Gasteiger partial charge in [-0.2, -0.15) is 0 Å². The van der Waals surface area contributed by atoms with Gasteiger partial charge in [0.1, 0.15) is 6.04 Å². The molecule has 0 aromatic heterocycles. The molecule has 4 atom stereocenters. The molecule has 3 rings (SSSR count). The Balaban J connectivity index is 0.00000432. The van der Waals surface area contributed by atoms with Gasteiger partial charge in [-0.15, -0.1) is 11.6 Å². The van der Waals surface area contributed by atoms with Gasteiger partial charge in [0.2, 0.25) is 11.8 Å². The molecule has 9 heteroatoms. The standard InChI is InChI=1S/C27H46ClN3O3.CH4.2H2O/c1-18(2)23(29-24(32)20-14-30(15-20)17-34-26(3,4)5)25(33)31-13-12-22(27(6,7)16-31)19-8-10-21(28)11-9-19;;;/h8,10,18-23H,9,11-17H2,1-7H3,(H,29,32);1H4;2*1H2/t19?,21?,22?,23-;;;/m1.../s1. The molecule has 2 aliphatic heterocycles. The molecule has 2 amide bonds. The summed E-state index contributed by atoms with van der Waals surface area (Å²) < 4.78 is 5.80. The number of likely N-dealkylation sites (tertiary alicyclic amines) is 2. The third kappa shape index (κ3) is 9.50. The molecule has 3 unspecified atom stereocenters. The van der Waals surface area contributed by atoms with Crippen LogP contribution < -0.4 is 5.32 Å².